The maximum Gasteiger partial charge on any atom is 0.0328 e. The lowest BCUT2D eigenvalue weighted by atomic mass is 9.84. The normalized spacial score (nSPS) is 19.0. The van der Waals surface area contributed by atoms with Gasteiger partial charge in [0, 0.05) is 10.9 Å². The van der Waals surface area contributed by atoms with Crippen LogP contribution in [0.2, 0.25) is 0 Å². The highest BCUT2D eigenvalue weighted by molar-refractivity contribution is 7.10. The third kappa shape index (κ3) is 4.10. The topological polar surface area (TPSA) is 12.0 Å². The summed E-state index contributed by atoms with van der Waals surface area (Å²) in [7, 11) is 0. The number of hydrogen-bond acceptors (Lipinski definition) is 2. The molecule has 1 aromatic rings. The first-order valence-corrected chi connectivity index (χ1v) is 8.46. The van der Waals surface area contributed by atoms with Crippen LogP contribution < -0.4 is 5.32 Å². The molecule has 1 aromatic heterocycles. The molecule has 0 amide bonds. The van der Waals surface area contributed by atoms with Crippen molar-refractivity contribution in [3.05, 3.63) is 21.9 Å². The zero-order valence-corrected chi connectivity index (χ0v) is 12.7. The van der Waals surface area contributed by atoms with Crippen molar-refractivity contribution in [2.24, 2.45) is 5.92 Å². The average molecular weight is 265 g/mol. The maximum atomic E-state index is 3.66. The van der Waals surface area contributed by atoms with Gasteiger partial charge in [0.1, 0.15) is 0 Å². The molecule has 0 aromatic carbocycles. The van der Waals surface area contributed by atoms with Gasteiger partial charge in [0.25, 0.3) is 0 Å². The van der Waals surface area contributed by atoms with E-state index in [9.17, 15) is 0 Å². The molecule has 0 aliphatic heterocycles. The van der Waals surface area contributed by atoms with E-state index >= 15 is 0 Å². The molecule has 0 radical (unpaired) electrons. The van der Waals surface area contributed by atoms with Gasteiger partial charge in [-0.1, -0.05) is 39.0 Å². The lowest BCUT2D eigenvalue weighted by molar-refractivity contribution is 0.315. The number of nitrogens with one attached hydrogen (secondary N) is 1. The van der Waals surface area contributed by atoms with E-state index in [0.717, 1.165) is 12.5 Å². The van der Waals surface area contributed by atoms with Crippen molar-refractivity contribution >= 4 is 11.3 Å². The first-order valence-electron chi connectivity index (χ1n) is 7.58. The molecule has 1 fully saturated rings. The van der Waals surface area contributed by atoms with Crippen molar-refractivity contribution in [2.75, 3.05) is 6.54 Å². The quantitative estimate of drug-likeness (QED) is 0.757. The summed E-state index contributed by atoms with van der Waals surface area (Å²) in [6.45, 7) is 5.50. The Morgan fingerprint density at radius 2 is 2.11 bits per heavy atom. The molecule has 2 rings (SSSR count). The van der Waals surface area contributed by atoms with Gasteiger partial charge < -0.3 is 5.32 Å². The Morgan fingerprint density at radius 3 is 2.72 bits per heavy atom. The van der Waals surface area contributed by atoms with Crippen LogP contribution in [0.25, 0.3) is 0 Å². The van der Waals surface area contributed by atoms with Gasteiger partial charge >= 0.3 is 0 Å². The van der Waals surface area contributed by atoms with Crippen LogP contribution in [0.3, 0.4) is 0 Å². The average Bonchev–Trinajstić information content (AvgIpc) is 2.82. The predicted molar refractivity (Wildman–Crippen MR) is 81.3 cm³/mol. The summed E-state index contributed by atoms with van der Waals surface area (Å²) < 4.78 is 0. The van der Waals surface area contributed by atoms with Crippen LogP contribution in [0.15, 0.2) is 11.4 Å². The minimum Gasteiger partial charge on any atom is -0.310 e. The fraction of sp³-hybridized carbons (Fsp3) is 0.750. The van der Waals surface area contributed by atoms with Crippen LogP contribution in [0, 0.1) is 12.8 Å². The summed E-state index contributed by atoms with van der Waals surface area (Å²) in [4.78, 5) is 1.44. The van der Waals surface area contributed by atoms with Gasteiger partial charge in [0.05, 0.1) is 0 Å². The van der Waals surface area contributed by atoms with Gasteiger partial charge in [0.15, 0.2) is 0 Å². The van der Waals surface area contributed by atoms with E-state index in [4.69, 9.17) is 0 Å². The van der Waals surface area contributed by atoms with Crippen LogP contribution >= 0.6 is 11.3 Å². The zero-order chi connectivity index (χ0) is 12.8. The smallest absolute Gasteiger partial charge is 0.0328 e. The van der Waals surface area contributed by atoms with Gasteiger partial charge in [-0.2, -0.15) is 0 Å². The van der Waals surface area contributed by atoms with Gasteiger partial charge in [0.2, 0.25) is 0 Å². The third-order valence-electron chi connectivity index (χ3n) is 4.19. The zero-order valence-electron chi connectivity index (χ0n) is 11.9. The molecule has 1 N–H and O–H groups in total. The summed E-state index contributed by atoms with van der Waals surface area (Å²) in [6.07, 6.45) is 10.1. The van der Waals surface area contributed by atoms with Crippen molar-refractivity contribution in [2.45, 2.75) is 64.8 Å². The van der Waals surface area contributed by atoms with Crippen molar-refractivity contribution in [1.29, 1.82) is 0 Å². The SMILES string of the molecule is CCNC(CCC1CCCCC1)c1csc(C)c1. The molecule has 1 aliphatic rings. The van der Waals surface area contributed by atoms with Gasteiger partial charge in [-0.05, 0) is 49.2 Å². The number of aryl methyl sites for hydroxylation is 1. The van der Waals surface area contributed by atoms with Crippen LogP contribution in [-0.2, 0) is 0 Å². The Kier molecular flexibility index (Phi) is 5.71. The molecule has 0 spiro atoms. The van der Waals surface area contributed by atoms with E-state index in [1.54, 1.807) is 0 Å². The van der Waals surface area contributed by atoms with E-state index < -0.39 is 0 Å². The lowest BCUT2D eigenvalue weighted by Gasteiger charge is -2.24. The van der Waals surface area contributed by atoms with E-state index in [-0.39, 0.29) is 0 Å². The van der Waals surface area contributed by atoms with E-state index in [0.29, 0.717) is 6.04 Å². The van der Waals surface area contributed by atoms with Gasteiger partial charge in [-0.15, -0.1) is 11.3 Å². The van der Waals surface area contributed by atoms with Crippen molar-refractivity contribution in [3.8, 4) is 0 Å². The maximum absolute atomic E-state index is 3.66. The Balaban J connectivity index is 1.85. The molecule has 2 heteroatoms. The monoisotopic (exact) mass is 265 g/mol. The number of hydrogen-bond donors (Lipinski definition) is 1. The molecule has 18 heavy (non-hydrogen) atoms. The van der Waals surface area contributed by atoms with E-state index in [1.165, 1.54) is 55.4 Å². The minimum absolute atomic E-state index is 0.585. The molecule has 1 unspecified atom stereocenters. The first kappa shape index (κ1) is 14.1. The van der Waals surface area contributed by atoms with Crippen LogP contribution in [-0.4, -0.2) is 6.54 Å². The Labute approximate surface area is 116 Å². The van der Waals surface area contributed by atoms with Gasteiger partial charge in [-0.25, -0.2) is 0 Å². The predicted octanol–water partition coefficient (Wildman–Crippen LogP) is 5.07. The highest BCUT2D eigenvalue weighted by atomic mass is 32.1. The van der Waals surface area contributed by atoms with Crippen LogP contribution in [0.4, 0.5) is 0 Å². The largest absolute Gasteiger partial charge is 0.310 e. The molecule has 0 bridgehead atoms. The minimum atomic E-state index is 0.585. The van der Waals surface area contributed by atoms with Crippen molar-refractivity contribution in [1.82, 2.24) is 5.32 Å². The summed E-state index contributed by atoms with van der Waals surface area (Å²) in [5, 5.41) is 6.00. The second-order valence-corrected chi connectivity index (χ2v) is 6.80. The number of thiophene rings is 1. The van der Waals surface area contributed by atoms with Crippen LogP contribution in [0.5, 0.6) is 0 Å². The molecule has 1 nitrogen and oxygen atoms in total. The fourth-order valence-electron chi connectivity index (χ4n) is 3.16. The lowest BCUT2D eigenvalue weighted by Crippen LogP contribution is -2.21. The Hall–Kier alpha value is -0.340. The van der Waals surface area contributed by atoms with E-state index in [2.05, 4.69) is 30.6 Å². The molecular formula is C16H27NS. The van der Waals surface area contributed by atoms with Crippen molar-refractivity contribution in [3.63, 3.8) is 0 Å². The molecule has 102 valence electrons. The third-order valence-corrected chi connectivity index (χ3v) is 5.07. The summed E-state index contributed by atoms with van der Waals surface area (Å²) in [5.41, 5.74) is 1.51. The Morgan fingerprint density at radius 1 is 1.33 bits per heavy atom. The molecule has 1 saturated carbocycles. The van der Waals surface area contributed by atoms with Crippen molar-refractivity contribution < 1.29 is 0 Å². The molecule has 0 saturated heterocycles. The highest BCUT2D eigenvalue weighted by Crippen LogP contribution is 2.31. The molecule has 1 heterocycles. The Bertz CT molecular complexity index is 339. The molecule has 1 aliphatic carbocycles. The first-order chi connectivity index (χ1) is 8.79. The standard InChI is InChI=1S/C16H27NS/c1-3-17-16(15-11-13(2)18-12-15)10-9-14-7-5-4-6-8-14/h11-12,14,16-17H,3-10H2,1-2H3. The second kappa shape index (κ2) is 7.30. The van der Waals surface area contributed by atoms with Crippen LogP contribution in [0.1, 0.15) is 68.4 Å². The van der Waals surface area contributed by atoms with E-state index in [1.807, 2.05) is 11.3 Å². The van der Waals surface area contributed by atoms with Gasteiger partial charge in [-0.3, -0.25) is 0 Å². The second-order valence-electron chi connectivity index (χ2n) is 5.68. The summed E-state index contributed by atoms with van der Waals surface area (Å²) in [6, 6.07) is 2.95. The number of rotatable bonds is 6. The summed E-state index contributed by atoms with van der Waals surface area (Å²) >= 11 is 1.88. The fourth-order valence-corrected chi connectivity index (χ4v) is 3.92. The molecular weight excluding hydrogens is 238 g/mol. The highest BCUT2D eigenvalue weighted by Gasteiger charge is 2.17. The summed E-state index contributed by atoms with van der Waals surface area (Å²) in [5.74, 6) is 1.000. The molecule has 1 atom stereocenters.